The first-order valence-electron chi connectivity index (χ1n) is 4.55. The maximum absolute atomic E-state index is 11.6. The van der Waals surface area contributed by atoms with E-state index in [-0.39, 0.29) is 19.2 Å². The number of aliphatic carboxylic acids is 1. The van der Waals surface area contributed by atoms with Gasteiger partial charge in [-0.25, -0.2) is 8.42 Å². The van der Waals surface area contributed by atoms with Crippen LogP contribution in [0.2, 0.25) is 0 Å². The summed E-state index contributed by atoms with van der Waals surface area (Å²) < 4.78 is 29.1. The SMILES string of the molecule is CCN(C(C)COC)S(=O)(=O)CC(=O)O. The Morgan fingerprint density at radius 2 is 2.07 bits per heavy atom. The summed E-state index contributed by atoms with van der Waals surface area (Å²) in [5, 5.41) is 8.47. The minimum absolute atomic E-state index is 0.236. The van der Waals surface area contributed by atoms with Crippen molar-refractivity contribution >= 4 is 16.0 Å². The molecule has 0 saturated heterocycles. The Morgan fingerprint density at radius 1 is 1.53 bits per heavy atom. The first-order valence-corrected chi connectivity index (χ1v) is 6.16. The second-order valence-corrected chi connectivity index (χ2v) is 5.08. The van der Waals surface area contributed by atoms with Crippen LogP contribution in [0.4, 0.5) is 0 Å². The third kappa shape index (κ3) is 4.59. The summed E-state index contributed by atoms with van der Waals surface area (Å²) in [5.41, 5.74) is 0. The fourth-order valence-corrected chi connectivity index (χ4v) is 2.83. The molecular formula is C8H17NO5S. The molecule has 6 nitrogen and oxygen atoms in total. The maximum Gasteiger partial charge on any atom is 0.320 e. The average Bonchev–Trinajstić information content (AvgIpc) is 2.01. The molecule has 0 aliphatic rings. The smallest absolute Gasteiger partial charge is 0.320 e. The largest absolute Gasteiger partial charge is 0.480 e. The quantitative estimate of drug-likeness (QED) is 0.662. The summed E-state index contributed by atoms with van der Waals surface area (Å²) in [6.45, 7) is 3.81. The number of methoxy groups -OCH3 is 1. The zero-order valence-electron chi connectivity index (χ0n) is 9.13. The minimum atomic E-state index is -3.74. The van der Waals surface area contributed by atoms with Crippen molar-refractivity contribution in [1.29, 1.82) is 0 Å². The summed E-state index contributed by atoms with van der Waals surface area (Å²) in [4.78, 5) is 10.4. The molecule has 0 saturated carbocycles. The van der Waals surface area contributed by atoms with Crippen LogP contribution in [0.1, 0.15) is 13.8 Å². The number of carboxylic acids is 1. The van der Waals surface area contributed by atoms with Crippen LogP contribution in [0.15, 0.2) is 0 Å². The molecule has 0 radical (unpaired) electrons. The molecule has 0 aromatic rings. The van der Waals surface area contributed by atoms with E-state index in [1.54, 1.807) is 13.8 Å². The fourth-order valence-electron chi connectivity index (χ4n) is 1.35. The Morgan fingerprint density at radius 3 is 2.40 bits per heavy atom. The van der Waals surface area contributed by atoms with Gasteiger partial charge in [-0.1, -0.05) is 6.92 Å². The fraction of sp³-hybridized carbons (Fsp3) is 0.875. The lowest BCUT2D eigenvalue weighted by Crippen LogP contribution is -2.43. The van der Waals surface area contributed by atoms with Gasteiger partial charge in [-0.3, -0.25) is 4.79 Å². The third-order valence-corrected chi connectivity index (χ3v) is 3.82. The van der Waals surface area contributed by atoms with Gasteiger partial charge in [0.2, 0.25) is 10.0 Å². The van der Waals surface area contributed by atoms with E-state index in [0.717, 1.165) is 4.31 Å². The average molecular weight is 239 g/mol. The number of hydrogen-bond acceptors (Lipinski definition) is 4. The molecule has 90 valence electrons. The minimum Gasteiger partial charge on any atom is -0.480 e. The Kier molecular flexibility index (Phi) is 5.77. The van der Waals surface area contributed by atoms with Crippen LogP contribution in [0.5, 0.6) is 0 Å². The summed E-state index contributed by atoms with van der Waals surface area (Å²) in [6, 6.07) is -0.357. The van der Waals surface area contributed by atoms with Crippen molar-refractivity contribution in [3.63, 3.8) is 0 Å². The number of ether oxygens (including phenoxy) is 1. The molecule has 0 aliphatic carbocycles. The Labute approximate surface area is 89.9 Å². The van der Waals surface area contributed by atoms with Crippen molar-refractivity contribution < 1.29 is 23.1 Å². The van der Waals surface area contributed by atoms with Crippen LogP contribution in [-0.4, -0.2) is 55.9 Å². The van der Waals surface area contributed by atoms with Gasteiger partial charge >= 0.3 is 5.97 Å². The number of nitrogens with zero attached hydrogens (tertiary/aromatic N) is 1. The van der Waals surface area contributed by atoms with Crippen molar-refractivity contribution in [1.82, 2.24) is 4.31 Å². The van der Waals surface area contributed by atoms with Crippen molar-refractivity contribution in [3.05, 3.63) is 0 Å². The molecule has 0 aromatic heterocycles. The summed E-state index contributed by atoms with van der Waals surface area (Å²) in [5.74, 6) is -2.23. The monoisotopic (exact) mass is 239 g/mol. The van der Waals surface area contributed by atoms with Crippen LogP contribution >= 0.6 is 0 Å². The highest BCUT2D eigenvalue weighted by Crippen LogP contribution is 2.07. The molecule has 0 heterocycles. The predicted octanol–water partition coefficient (Wildman–Crippen LogP) is -0.242. The van der Waals surface area contributed by atoms with Crippen molar-refractivity contribution in [3.8, 4) is 0 Å². The van der Waals surface area contributed by atoms with Gasteiger partial charge in [0.25, 0.3) is 0 Å². The number of carbonyl (C=O) groups is 1. The Hall–Kier alpha value is -0.660. The lowest BCUT2D eigenvalue weighted by Gasteiger charge is -2.25. The molecule has 1 unspecified atom stereocenters. The molecular weight excluding hydrogens is 222 g/mol. The standard InChI is InChI=1S/C8H17NO5S/c1-4-9(7(2)5-14-3)15(12,13)6-8(10)11/h7H,4-6H2,1-3H3,(H,10,11). The number of sulfonamides is 1. The molecule has 0 spiro atoms. The summed E-state index contributed by atoms with van der Waals surface area (Å²) in [7, 11) is -2.27. The van der Waals surface area contributed by atoms with Gasteiger partial charge in [0.15, 0.2) is 5.75 Å². The molecule has 15 heavy (non-hydrogen) atoms. The zero-order valence-corrected chi connectivity index (χ0v) is 9.95. The molecule has 0 aliphatic heterocycles. The molecule has 0 bridgehead atoms. The maximum atomic E-state index is 11.6. The van der Waals surface area contributed by atoms with Gasteiger partial charge in [0, 0.05) is 19.7 Å². The van der Waals surface area contributed by atoms with E-state index >= 15 is 0 Å². The lowest BCUT2D eigenvalue weighted by molar-refractivity contribution is -0.134. The van der Waals surface area contributed by atoms with E-state index in [9.17, 15) is 13.2 Å². The van der Waals surface area contributed by atoms with Crippen LogP contribution < -0.4 is 0 Å². The Balaban J connectivity index is 4.72. The van der Waals surface area contributed by atoms with Gasteiger partial charge in [0.1, 0.15) is 0 Å². The summed E-state index contributed by atoms with van der Waals surface area (Å²) >= 11 is 0. The Bertz CT molecular complexity index is 300. The second-order valence-electron chi connectivity index (χ2n) is 3.16. The number of carboxylic acid groups (broad SMARTS) is 1. The van der Waals surface area contributed by atoms with E-state index in [1.165, 1.54) is 7.11 Å². The zero-order chi connectivity index (χ0) is 12.1. The van der Waals surface area contributed by atoms with Gasteiger partial charge in [-0.2, -0.15) is 4.31 Å². The number of hydrogen-bond donors (Lipinski definition) is 1. The van der Waals surface area contributed by atoms with Gasteiger partial charge in [0.05, 0.1) is 6.61 Å². The highest BCUT2D eigenvalue weighted by Gasteiger charge is 2.27. The van der Waals surface area contributed by atoms with Crippen LogP contribution in [0, 0.1) is 0 Å². The van der Waals surface area contributed by atoms with Crippen molar-refractivity contribution in [2.24, 2.45) is 0 Å². The van der Waals surface area contributed by atoms with Gasteiger partial charge in [-0.15, -0.1) is 0 Å². The normalized spacial score (nSPS) is 14.1. The molecule has 0 fully saturated rings. The van der Waals surface area contributed by atoms with E-state index in [2.05, 4.69) is 0 Å². The van der Waals surface area contributed by atoms with Crippen LogP contribution in [0.25, 0.3) is 0 Å². The molecule has 7 heteroatoms. The molecule has 0 aromatic carbocycles. The number of rotatable bonds is 7. The van der Waals surface area contributed by atoms with Gasteiger partial charge < -0.3 is 9.84 Å². The molecule has 0 rings (SSSR count). The molecule has 1 N–H and O–H groups in total. The van der Waals surface area contributed by atoms with Crippen molar-refractivity contribution in [2.75, 3.05) is 26.0 Å². The van der Waals surface area contributed by atoms with E-state index in [4.69, 9.17) is 9.84 Å². The highest BCUT2D eigenvalue weighted by molar-refractivity contribution is 7.89. The topological polar surface area (TPSA) is 83.9 Å². The van der Waals surface area contributed by atoms with Crippen LogP contribution in [-0.2, 0) is 19.6 Å². The second kappa shape index (κ2) is 6.04. The first-order chi connectivity index (χ1) is 6.85. The lowest BCUT2D eigenvalue weighted by atomic mass is 10.4. The van der Waals surface area contributed by atoms with Crippen LogP contribution in [0.3, 0.4) is 0 Å². The molecule has 0 amide bonds. The van der Waals surface area contributed by atoms with E-state index < -0.39 is 21.7 Å². The van der Waals surface area contributed by atoms with E-state index in [0.29, 0.717) is 0 Å². The number of likely N-dealkylation sites (N-methyl/N-ethyl adjacent to an activating group) is 1. The summed E-state index contributed by atoms with van der Waals surface area (Å²) in [6.07, 6.45) is 0. The molecule has 1 atom stereocenters. The third-order valence-electron chi connectivity index (χ3n) is 1.87. The predicted molar refractivity (Wildman–Crippen MR) is 55.1 cm³/mol. The van der Waals surface area contributed by atoms with Crippen molar-refractivity contribution in [2.45, 2.75) is 19.9 Å². The first kappa shape index (κ1) is 14.3. The highest BCUT2D eigenvalue weighted by atomic mass is 32.2. The van der Waals surface area contributed by atoms with Gasteiger partial charge in [-0.05, 0) is 6.92 Å². The van der Waals surface area contributed by atoms with E-state index in [1.807, 2.05) is 0 Å².